The Morgan fingerprint density at radius 3 is 2.64 bits per heavy atom. The minimum Gasteiger partial charge on any atom is -0.365 e. The van der Waals surface area contributed by atoms with E-state index in [0.29, 0.717) is 17.1 Å². The molecular formula is C19H25N5O3S. The Kier molecular flexibility index (Phi) is 5.34. The number of nitrogens with one attached hydrogen (secondary N) is 1. The summed E-state index contributed by atoms with van der Waals surface area (Å²) < 4.78 is 2.89. The predicted molar refractivity (Wildman–Crippen MR) is 107 cm³/mol. The molecule has 0 atom stereocenters. The highest BCUT2D eigenvalue weighted by molar-refractivity contribution is 7.17. The molecule has 2 amide bonds. The number of hydrogen-bond donors (Lipinski definition) is 2. The van der Waals surface area contributed by atoms with E-state index in [2.05, 4.69) is 10.4 Å². The second-order valence-corrected chi connectivity index (χ2v) is 8.60. The van der Waals surface area contributed by atoms with Gasteiger partial charge in [0, 0.05) is 17.8 Å². The molecule has 0 aromatic carbocycles. The summed E-state index contributed by atoms with van der Waals surface area (Å²) in [5.74, 6) is -0.134. The number of rotatable bonds is 4. The molecule has 1 aliphatic carbocycles. The first-order valence-corrected chi connectivity index (χ1v) is 10.8. The smallest absolute Gasteiger partial charge is 0.346 e. The van der Waals surface area contributed by atoms with Gasteiger partial charge in [0.1, 0.15) is 17.4 Å². The first-order valence-electron chi connectivity index (χ1n) is 9.95. The van der Waals surface area contributed by atoms with Crippen LogP contribution in [0.1, 0.15) is 65.1 Å². The molecule has 4 rings (SSSR count). The van der Waals surface area contributed by atoms with Crippen LogP contribution < -0.4 is 16.7 Å². The fourth-order valence-corrected chi connectivity index (χ4v) is 5.43. The van der Waals surface area contributed by atoms with E-state index < -0.39 is 5.91 Å². The summed E-state index contributed by atoms with van der Waals surface area (Å²) in [6.07, 6.45) is 8.75. The molecule has 0 unspecified atom stereocenters. The molecule has 2 aromatic heterocycles. The van der Waals surface area contributed by atoms with Crippen molar-refractivity contribution in [2.24, 2.45) is 5.73 Å². The number of amides is 2. The van der Waals surface area contributed by atoms with E-state index in [1.807, 2.05) is 0 Å². The van der Waals surface area contributed by atoms with E-state index in [9.17, 15) is 14.4 Å². The van der Waals surface area contributed by atoms with Gasteiger partial charge in [-0.2, -0.15) is 5.10 Å². The molecule has 0 saturated heterocycles. The van der Waals surface area contributed by atoms with Crippen LogP contribution in [0.5, 0.6) is 0 Å². The lowest BCUT2D eigenvalue weighted by Crippen LogP contribution is -2.30. The van der Waals surface area contributed by atoms with Gasteiger partial charge in [0.2, 0.25) is 5.91 Å². The van der Waals surface area contributed by atoms with Crippen LogP contribution in [0.25, 0.3) is 0 Å². The molecule has 0 fully saturated rings. The molecule has 0 saturated carbocycles. The van der Waals surface area contributed by atoms with Crippen LogP contribution in [0.2, 0.25) is 0 Å². The summed E-state index contributed by atoms with van der Waals surface area (Å²) in [4.78, 5) is 38.3. The Morgan fingerprint density at radius 1 is 1.07 bits per heavy atom. The van der Waals surface area contributed by atoms with Crippen molar-refractivity contribution in [2.45, 2.75) is 70.9 Å². The van der Waals surface area contributed by atoms with Gasteiger partial charge < -0.3 is 11.1 Å². The molecule has 0 radical (unpaired) electrons. The van der Waals surface area contributed by atoms with Gasteiger partial charge in [-0.05, 0) is 44.1 Å². The van der Waals surface area contributed by atoms with E-state index >= 15 is 0 Å². The minimum atomic E-state index is -0.513. The second-order valence-electron chi connectivity index (χ2n) is 7.50. The molecule has 8 nitrogen and oxygen atoms in total. The van der Waals surface area contributed by atoms with Crippen LogP contribution in [0.4, 0.5) is 5.00 Å². The lowest BCUT2D eigenvalue weighted by molar-refractivity contribution is -0.116. The van der Waals surface area contributed by atoms with Crippen LogP contribution in [0.3, 0.4) is 0 Å². The monoisotopic (exact) mass is 403 g/mol. The number of fused-ring (bicyclic) bond motifs is 2. The average Bonchev–Trinajstić information content (AvgIpc) is 2.91. The third kappa shape index (κ3) is 3.63. The Hall–Kier alpha value is -2.42. The Bertz CT molecular complexity index is 971. The van der Waals surface area contributed by atoms with Crippen LogP contribution in [-0.4, -0.2) is 26.2 Å². The maximum atomic E-state index is 12.6. The van der Waals surface area contributed by atoms with E-state index in [0.717, 1.165) is 74.1 Å². The van der Waals surface area contributed by atoms with E-state index in [1.165, 1.54) is 16.0 Å². The summed E-state index contributed by atoms with van der Waals surface area (Å²) in [6.45, 7) is 0.485. The van der Waals surface area contributed by atoms with Crippen molar-refractivity contribution in [2.75, 3.05) is 5.32 Å². The second kappa shape index (κ2) is 7.90. The topological polar surface area (TPSA) is 112 Å². The van der Waals surface area contributed by atoms with Gasteiger partial charge in [-0.15, -0.1) is 11.3 Å². The third-order valence-corrected chi connectivity index (χ3v) is 6.70. The number of aryl methyl sites for hydroxylation is 2. The molecule has 3 N–H and O–H groups in total. The fourth-order valence-electron chi connectivity index (χ4n) is 4.12. The third-order valence-electron chi connectivity index (χ3n) is 5.50. The zero-order valence-corrected chi connectivity index (χ0v) is 16.6. The van der Waals surface area contributed by atoms with Crippen molar-refractivity contribution in [3.8, 4) is 0 Å². The van der Waals surface area contributed by atoms with E-state index in [4.69, 9.17) is 5.73 Å². The maximum Gasteiger partial charge on any atom is 0.346 e. The van der Waals surface area contributed by atoms with Crippen LogP contribution in [0, 0.1) is 0 Å². The Labute approximate surface area is 166 Å². The lowest BCUT2D eigenvalue weighted by atomic mass is 10.1. The largest absolute Gasteiger partial charge is 0.365 e. The Morgan fingerprint density at radius 2 is 1.82 bits per heavy atom. The summed E-state index contributed by atoms with van der Waals surface area (Å²) in [5.41, 5.74) is 6.78. The number of primary amides is 1. The summed E-state index contributed by atoms with van der Waals surface area (Å²) >= 11 is 1.43. The highest BCUT2D eigenvalue weighted by Gasteiger charge is 2.25. The highest BCUT2D eigenvalue weighted by Crippen LogP contribution is 2.37. The number of anilines is 1. The van der Waals surface area contributed by atoms with Crippen molar-refractivity contribution >= 4 is 28.2 Å². The highest BCUT2D eigenvalue weighted by atomic mass is 32.1. The number of nitrogens with zero attached hydrogens (tertiary/aromatic N) is 3. The van der Waals surface area contributed by atoms with Crippen LogP contribution >= 0.6 is 11.3 Å². The zero-order chi connectivity index (χ0) is 19.7. The lowest BCUT2D eigenvalue weighted by Gasteiger charge is -2.06. The number of hydrogen-bond acceptors (Lipinski definition) is 5. The van der Waals surface area contributed by atoms with Gasteiger partial charge >= 0.3 is 5.69 Å². The van der Waals surface area contributed by atoms with Crippen molar-refractivity contribution in [3.05, 3.63) is 32.3 Å². The first-order chi connectivity index (χ1) is 13.5. The van der Waals surface area contributed by atoms with Gasteiger partial charge in [-0.3, -0.25) is 14.2 Å². The zero-order valence-electron chi connectivity index (χ0n) is 15.8. The van der Waals surface area contributed by atoms with E-state index in [-0.39, 0.29) is 18.1 Å². The van der Waals surface area contributed by atoms with E-state index in [1.54, 1.807) is 4.57 Å². The van der Waals surface area contributed by atoms with Gasteiger partial charge in [-0.25, -0.2) is 9.48 Å². The molecule has 28 heavy (non-hydrogen) atoms. The molecule has 0 spiro atoms. The molecule has 2 aromatic rings. The van der Waals surface area contributed by atoms with Crippen molar-refractivity contribution < 1.29 is 9.59 Å². The first kappa shape index (κ1) is 18.9. The number of carbonyl (C=O) groups excluding carboxylic acids is 2. The van der Waals surface area contributed by atoms with Crippen molar-refractivity contribution in [1.29, 1.82) is 0 Å². The number of nitrogens with two attached hydrogens (primary N) is 1. The molecule has 3 heterocycles. The standard InChI is InChI=1S/C19H25N5O3S/c20-17(26)16-12-7-3-1-4-8-13(12)28-18(16)21-15(25)11-24-19(27)23-10-6-2-5-9-14(23)22-24/h1-11H2,(H2,20,26)(H,21,25). The summed E-state index contributed by atoms with van der Waals surface area (Å²) in [6, 6.07) is 0. The normalized spacial score (nSPS) is 16.6. The summed E-state index contributed by atoms with van der Waals surface area (Å²) in [5, 5.41) is 7.65. The fraction of sp³-hybridized carbons (Fsp3) is 0.579. The Balaban J connectivity index is 1.55. The quantitative estimate of drug-likeness (QED) is 0.759. The van der Waals surface area contributed by atoms with Crippen molar-refractivity contribution in [3.63, 3.8) is 0 Å². The van der Waals surface area contributed by atoms with Gasteiger partial charge in [0.15, 0.2) is 0 Å². The SMILES string of the molecule is NC(=O)c1c(NC(=O)Cn2nc3n(c2=O)CCCCC3)sc2c1CCCCC2. The molecule has 1 aliphatic heterocycles. The van der Waals surface area contributed by atoms with Crippen molar-refractivity contribution in [1.82, 2.24) is 14.3 Å². The molecular weight excluding hydrogens is 378 g/mol. The summed E-state index contributed by atoms with van der Waals surface area (Å²) in [7, 11) is 0. The number of aromatic nitrogens is 3. The number of thiophene rings is 1. The van der Waals surface area contributed by atoms with Crippen LogP contribution in [-0.2, 0) is 37.1 Å². The molecule has 0 bridgehead atoms. The molecule has 150 valence electrons. The van der Waals surface area contributed by atoms with Gasteiger partial charge in [-0.1, -0.05) is 12.8 Å². The van der Waals surface area contributed by atoms with Crippen LogP contribution in [0.15, 0.2) is 4.79 Å². The molecule has 2 aliphatic rings. The predicted octanol–water partition coefficient (Wildman–Crippen LogP) is 1.84. The maximum absolute atomic E-state index is 12.6. The van der Waals surface area contributed by atoms with Gasteiger partial charge in [0.25, 0.3) is 5.91 Å². The number of carbonyl (C=O) groups is 2. The molecule has 9 heteroatoms. The minimum absolute atomic E-state index is 0.167. The average molecular weight is 404 g/mol. The van der Waals surface area contributed by atoms with Gasteiger partial charge in [0.05, 0.1) is 5.56 Å².